The van der Waals surface area contributed by atoms with Gasteiger partial charge >= 0.3 is 0 Å². The topological polar surface area (TPSA) is 0 Å². The number of unbranched alkanes of at least 4 members (excludes halogenated alkanes) is 2. The molecule has 2 rings (SSSR count). The Balaban J connectivity index is 1.64. The van der Waals surface area contributed by atoms with Crippen molar-refractivity contribution in [2.24, 2.45) is 23.7 Å². The predicted molar refractivity (Wildman–Crippen MR) is 94.4 cm³/mol. The van der Waals surface area contributed by atoms with Gasteiger partial charge in [0, 0.05) is 0 Å². The summed E-state index contributed by atoms with van der Waals surface area (Å²) in [5.74, 6) is 4.02. The summed E-state index contributed by atoms with van der Waals surface area (Å²) in [6.45, 7) is 6.10. The van der Waals surface area contributed by atoms with Gasteiger partial charge in [-0.25, -0.2) is 0 Å². The monoisotopic (exact) mass is 288 g/mol. The fourth-order valence-electron chi connectivity index (χ4n) is 4.68. The third kappa shape index (κ3) is 5.64. The number of rotatable bonds is 7. The van der Waals surface area contributed by atoms with Gasteiger partial charge in [0.05, 0.1) is 0 Å². The smallest absolute Gasteiger partial charge is 0.0230 e. The molecule has 0 heterocycles. The van der Waals surface area contributed by atoms with Crippen LogP contribution in [0, 0.1) is 23.7 Å². The van der Waals surface area contributed by atoms with Gasteiger partial charge in [0.15, 0.2) is 0 Å². The molecule has 0 aromatic rings. The summed E-state index contributed by atoms with van der Waals surface area (Å²) in [5, 5.41) is 0. The average molecular weight is 289 g/mol. The zero-order valence-corrected chi connectivity index (χ0v) is 14.2. The Labute approximate surface area is 133 Å². The lowest BCUT2D eigenvalue weighted by Crippen LogP contribution is -2.25. The van der Waals surface area contributed by atoms with Crippen molar-refractivity contribution < 1.29 is 0 Å². The van der Waals surface area contributed by atoms with Crippen LogP contribution in [0.25, 0.3) is 0 Å². The summed E-state index contributed by atoms with van der Waals surface area (Å²) in [6, 6.07) is 0. The molecule has 0 nitrogen and oxygen atoms in total. The van der Waals surface area contributed by atoms with Crippen LogP contribution in [0.15, 0.2) is 24.8 Å². The highest BCUT2D eigenvalue weighted by molar-refractivity contribution is 5.01. The highest BCUT2D eigenvalue weighted by Gasteiger charge is 2.29. The van der Waals surface area contributed by atoms with Gasteiger partial charge in [-0.05, 0) is 62.2 Å². The maximum atomic E-state index is 3.78. The van der Waals surface area contributed by atoms with Crippen LogP contribution in [0.4, 0.5) is 0 Å². The SMILES string of the molecule is C=CC=CC1CCC(C2CCC(CCCCC)CC2)CC1. The van der Waals surface area contributed by atoms with E-state index >= 15 is 0 Å². The van der Waals surface area contributed by atoms with Crippen molar-refractivity contribution in [3.8, 4) is 0 Å². The van der Waals surface area contributed by atoms with Crippen LogP contribution in [-0.2, 0) is 0 Å². The van der Waals surface area contributed by atoms with Crippen molar-refractivity contribution in [2.75, 3.05) is 0 Å². The first-order valence-electron chi connectivity index (χ1n) is 9.62. The predicted octanol–water partition coefficient (Wildman–Crippen LogP) is 6.92. The van der Waals surface area contributed by atoms with E-state index in [1.807, 2.05) is 6.08 Å². The van der Waals surface area contributed by atoms with Crippen molar-refractivity contribution in [1.29, 1.82) is 0 Å². The second kappa shape index (κ2) is 9.49. The lowest BCUT2D eigenvalue weighted by atomic mass is 9.68. The quantitative estimate of drug-likeness (QED) is 0.352. The van der Waals surface area contributed by atoms with Crippen molar-refractivity contribution in [1.82, 2.24) is 0 Å². The molecule has 120 valence electrons. The minimum atomic E-state index is 0.838. The van der Waals surface area contributed by atoms with Crippen molar-refractivity contribution in [2.45, 2.75) is 84.0 Å². The van der Waals surface area contributed by atoms with Crippen molar-refractivity contribution in [3.63, 3.8) is 0 Å². The van der Waals surface area contributed by atoms with E-state index in [2.05, 4.69) is 25.7 Å². The summed E-state index contributed by atoms with van der Waals surface area (Å²) in [6.07, 6.45) is 24.2. The van der Waals surface area contributed by atoms with Crippen LogP contribution in [0.5, 0.6) is 0 Å². The van der Waals surface area contributed by atoms with Crippen LogP contribution in [-0.4, -0.2) is 0 Å². The number of hydrogen-bond donors (Lipinski definition) is 0. The first-order valence-corrected chi connectivity index (χ1v) is 9.62. The fraction of sp³-hybridized carbons (Fsp3) is 0.810. The van der Waals surface area contributed by atoms with Crippen LogP contribution in [0.1, 0.15) is 84.0 Å². The molecule has 0 aromatic carbocycles. The lowest BCUT2D eigenvalue weighted by Gasteiger charge is -2.37. The molecule has 0 saturated heterocycles. The van der Waals surface area contributed by atoms with Gasteiger partial charge < -0.3 is 0 Å². The van der Waals surface area contributed by atoms with Gasteiger partial charge in [-0.2, -0.15) is 0 Å². The minimum Gasteiger partial charge on any atom is -0.0991 e. The highest BCUT2D eigenvalue weighted by atomic mass is 14.4. The maximum absolute atomic E-state index is 3.78. The van der Waals surface area contributed by atoms with E-state index in [-0.39, 0.29) is 0 Å². The normalized spacial score (nSPS) is 34.1. The van der Waals surface area contributed by atoms with Gasteiger partial charge in [0.1, 0.15) is 0 Å². The second-order valence-corrected chi connectivity index (χ2v) is 7.57. The Kier molecular flexibility index (Phi) is 7.61. The number of allylic oxidation sites excluding steroid dienone is 3. The van der Waals surface area contributed by atoms with E-state index in [0.717, 1.165) is 23.7 Å². The largest absolute Gasteiger partial charge is 0.0991 e. The molecule has 0 heteroatoms. The van der Waals surface area contributed by atoms with Gasteiger partial charge in [0.2, 0.25) is 0 Å². The van der Waals surface area contributed by atoms with Gasteiger partial charge in [0.25, 0.3) is 0 Å². The minimum absolute atomic E-state index is 0.838. The summed E-state index contributed by atoms with van der Waals surface area (Å²) in [4.78, 5) is 0. The Morgan fingerprint density at radius 1 is 0.857 bits per heavy atom. The molecular formula is C21H36. The Hall–Kier alpha value is -0.520. The lowest BCUT2D eigenvalue weighted by molar-refractivity contribution is 0.151. The molecule has 0 aromatic heterocycles. The van der Waals surface area contributed by atoms with Gasteiger partial charge in [-0.15, -0.1) is 0 Å². The third-order valence-corrected chi connectivity index (χ3v) is 6.11. The summed E-state index contributed by atoms with van der Waals surface area (Å²) < 4.78 is 0. The average Bonchev–Trinajstić information content (AvgIpc) is 2.54. The molecule has 2 saturated carbocycles. The van der Waals surface area contributed by atoms with E-state index in [0.29, 0.717) is 0 Å². The maximum Gasteiger partial charge on any atom is -0.0230 e. The molecule has 2 fully saturated rings. The standard InChI is InChI=1S/C21H36/c1-3-5-7-9-19-12-16-21(17-13-19)20-14-10-18(11-15-20)8-6-4-2/h4,6,8,18-21H,2-3,5,7,9-17H2,1H3. The molecule has 2 aliphatic carbocycles. The molecule has 0 unspecified atom stereocenters. The summed E-state index contributed by atoms with van der Waals surface area (Å²) in [5.41, 5.74) is 0. The van der Waals surface area contributed by atoms with E-state index in [1.165, 1.54) is 77.0 Å². The van der Waals surface area contributed by atoms with Crippen LogP contribution in [0.2, 0.25) is 0 Å². The van der Waals surface area contributed by atoms with Crippen LogP contribution >= 0.6 is 0 Å². The van der Waals surface area contributed by atoms with E-state index < -0.39 is 0 Å². The molecule has 0 amide bonds. The van der Waals surface area contributed by atoms with Gasteiger partial charge in [-0.3, -0.25) is 0 Å². The summed E-state index contributed by atoms with van der Waals surface area (Å²) in [7, 11) is 0. The molecule has 2 aliphatic rings. The molecule has 0 aliphatic heterocycles. The molecule has 0 spiro atoms. The Morgan fingerprint density at radius 2 is 1.48 bits per heavy atom. The Bertz CT molecular complexity index is 298. The molecule has 0 radical (unpaired) electrons. The first-order chi connectivity index (χ1) is 10.3. The zero-order chi connectivity index (χ0) is 14.9. The molecule has 0 N–H and O–H groups in total. The van der Waals surface area contributed by atoms with E-state index in [4.69, 9.17) is 0 Å². The summed E-state index contributed by atoms with van der Waals surface area (Å²) >= 11 is 0. The van der Waals surface area contributed by atoms with Gasteiger partial charge in [-0.1, -0.05) is 70.3 Å². The molecular weight excluding hydrogens is 252 g/mol. The third-order valence-electron chi connectivity index (χ3n) is 6.11. The Morgan fingerprint density at radius 3 is 2.05 bits per heavy atom. The molecule has 0 atom stereocenters. The van der Waals surface area contributed by atoms with Crippen molar-refractivity contribution >= 4 is 0 Å². The number of hydrogen-bond acceptors (Lipinski definition) is 0. The van der Waals surface area contributed by atoms with E-state index in [9.17, 15) is 0 Å². The fourth-order valence-corrected chi connectivity index (χ4v) is 4.68. The zero-order valence-electron chi connectivity index (χ0n) is 14.2. The van der Waals surface area contributed by atoms with Crippen LogP contribution in [0.3, 0.4) is 0 Å². The molecule has 21 heavy (non-hydrogen) atoms. The van der Waals surface area contributed by atoms with E-state index in [1.54, 1.807) is 0 Å². The second-order valence-electron chi connectivity index (χ2n) is 7.57. The molecule has 0 bridgehead atoms. The highest BCUT2D eigenvalue weighted by Crippen LogP contribution is 2.42. The first kappa shape index (κ1) is 16.8. The van der Waals surface area contributed by atoms with Crippen LogP contribution < -0.4 is 0 Å². The van der Waals surface area contributed by atoms with Crippen molar-refractivity contribution in [3.05, 3.63) is 24.8 Å².